The summed E-state index contributed by atoms with van der Waals surface area (Å²) in [5.74, 6) is 0.0416. The van der Waals surface area contributed by atoms with Gasteiger partial charge in [-0.15, -0.1) is 0 Å². The van der Waals surface area contributed by atoms with E-state index in [1.807, 2.05) is 32.0 Å². The van der Waals surface area contributed by atoms with Gasteiger partial charge in [-0.05, 0) is 66.6 Å². The molecule has 1 heterocycles. The number of nitrogens with zero attached hydrogens (tertiary/aromatic N) is 1. The van der Waals surface area contributed by atoms with E-state index in [4.69, 9.17) is 0 Å². The third-order valence-electron chi connectivity index (χ3n) is 3.43. The molecule has 4 nitrogen and oxygen atoms in total. The first-order valence-electron chi connectivity index (χ1n) is 7.17. The van der Waals surface area contributed by atoms with E-state index in [-0.39, 0.29) is 11.7 Å². The summed E-state index contributed by atoms with van der Waals surface area (Å²) < 4.78 is 0. The second-order valence-electron chi connectivity index (χ2n) is 5.36. The van der Waals surface area contributed by atoms with E-state index in [2.05, 4.69) is 10.3 Å². The molecular weight excluding hydrogens is 308 g/mol. The topological polar surface area (TPSA) is 61.7 Å². The number of hydrogen-bond acceptors (Lipinski definition) is 4. The number of benzene rings is 2. The Morgan fingerprint density at radius 3 is 2.61 bits per heavy atom. The Morgan fingerprint density at radius 1 is 1.13 bits per heavy atom. The summed E-state index contributed by atoms with van der Waals surface area (Å²) >= 11 is 1.32. The van der Waals surface area contributed by atoms with Crippen molar-refractivity contribution in [3.05, 3.63) is 64.1 Å². The second kappa shape index (κ2) is 6.30. The average Bonchev–Trinajstić information content (AvgIpc) is 2.85. The monoisotopic (exact) mass is 324 g/mol. The highest BCUT2D eigenvalue weighted by Gasteiger charge is 2.23. The predicted molar refractivity (Wildman–Crippen MR) is 94.8 cm³/mol. The Balaban J connectivity index is 1.86. The Labute approximate surface area is 139 Å². The van der Waals surface area contributed by atoms with Crippen molar-refractivity contribution in [1.82, 2.24) is 5.32 Å². The number of aliphatic imine (C=N–C) groups is 1. The SMILES string of the molecule is Cc1ccc(C)c(N=C2NC(=O)/C(=C/c3ccc(O)cc3)S2)c1. The van der Waals surface area contributed by atoms with Gasteiger partial charge in [0.2, 0.25) is 0 Å². The number of amides is 1. The molecule has 0 saturated carbocycles. The van der Waals surface area contributed by atoms with Crippen LogP contribution in [0.25, 0.3) is 6.08 Å². The first-order valence-corrected chi connectivity index (χ1v) is 7.99. The molecule has 1 fully saturated rings. The van der Waals surface area contributed by atoms with Crippen LogP contribution in [0.1, 0.15) is 16.7 Å². The molecule has 116 valence electrons. The normalized spacial score (nSPS) is 17.7. The lowest BCUT2D eigenvalue weighted by atomic mass is 10.1. The van der Waals surface area contributed by atoms with E-state index in [9.17, 15) is 9.90 Å². The van der Waals surface area contributed by atoms with E-state index < -0.39 is 0 Å². The number of rotatable bonds is 2. The van der Waals surface area contributed by atoms with Gasteiger partial charge in [0.25, 0.3) is 5.91 Å². The minimum absolute atomic E-state index is 0.160. The van der Waals surface area contributed by atoms with Gasteiger partial charge in [-0.2, -0.15) is 0 Å². The number of aryl methyl sites for hydroxylation is 2. The summed E-state index contributed by atoms with van der Waals surface area (Å²) in [6.07, 6.45) is 1.78. The van der Waals surface area contributed by atoms with Gasteiger partial charge in [0, 0.05) is 0 Å². The van der Waals surface area contributed by atoms with Gasteiger partial charge in [0.15, 0.2) is 5.17 Å². The van der Waals surface area contributed by atoms with Crippen molar-refractivity contribution in [2.24, 2.45) is 4.99 Å². The van der Waals surface area contributed by atoms with Crippen LogP contribution in [0, 0.1) is 13.8 Å². The predicted octanol–water partition coefficient (Wildman–Crippen LogP) is 3.90. The lowest BCUT2D eigenvalue weighted by molar-refractivity contribution is -0.115. The Morgan fingerprint density at radius 2 is 1.87 bits per heavy atom. The molecule has 0 aliphatic carbocycles. The van der Waals surface area contributed by atoms with E-state index in [0.717, 1.165) is 22.4 Å². The van der Waals surface area contributed by atoms with Crippen LogP contribution < -0.4 is 5.32 Å². The molecule has 3 rings (SSSR count). The molecule has 0 bridgehead atoms. The molecular formula is C18H16N2O2S. The van der Waals surface area contributed by atoms with Crippen LogP contribution in [0.5, 0.6) is 5.75 Å². The molecule has 1 aliphatic rings. The number of thioether (sulfide) groups is 1. The zero-order valence-electron chi connectivity index (χ0n) is 12.8. The van der Waals surface area contributed by atoms with Crippen molar-refractivity contribution in [3.63, 3.8) is 0 Å². The third kappa shape index (κ3) is 3.63. The van der Waals surface area contributed by atoms with Crippen molar-refractivity contribution in [1.29, 1.82) is 0 Å². The van der Waals surface area contributed by atoms with Crippen molar-refractivity contribution in [2.75, 3.05) is 0 Å². The molecule has 0 aromatic heterocycles. The summed E-state index contributed by atoms with van der Waals surface area (Å²) in [4.78, 5) is 17.2. The van der Waals surface area contributed by atoms with E-state index >= 15 is 0 Å². The van der Waals surface area contributed by atoms with Crippen LogP contribution in [0.4, 0.5) is 5.69 Å². The third-order valence-corrected chi connectivity index (χ3v) is 4.34. The van der Waals surface area contributed by atoms with Gasteiger partial charge in [-0.3, -0.25) is 4.79 Å². The van der Waals surface area contributed by atoms with Crippen LogP contribution in [-0.4, -0.2) is 16.2 Å². The molecule has 1 aliphatic heterocycles. The molecule has 0 unspecified atom stereocenters. The van der Waals surface area contributed by atoms with Crippen LogP contribution in [-0.2, 0) is 4.79 Å². The maximum absolute atomic E-state index is 12.1. The van der Waals surface area contributed by atoms with Crippen molar-refractivity contribution in [2.45, 2.75) is 13.8 Å². The number of hydrogen-bond donors (Lipinski definition) is 2. The van der Waals surface area contributed by atoms with Crippen LogP contribution >= 0.6 is 11.8 Å². The zero-order chi connectivity index (χ0) is 16.4. The lowest BCUT2D eigenvalue weighted by Crippen LogP contribution is -2.19. The van der Waals surface area contributed by atoms with Crippen LogP contribution in [0.2, 0.25) is 0 Å². The Kier molecular flexibility index (Phi) is 4.21. The minimum Gasteiger partial charge on any atom is -0.508 e. The number of nitrogens with one attached hydrogen (secondary N) is 1. The van der Waals surface area contributed by atoms with Gasteiger partial charge in [-0.1, -0.05) is 24.3 Å². The maximum Gasteiger partial charge on any atom is 0.264 e. The van der Waals surface area contributed by atoms with Gasteiger partial charge in [-0.25, -0.2) is 4.99 Å². The van der Waals surface area contributed by atoms with Crippen LogP contribution in [0.3, 0.4) is 0 Å². The van der Waals surface area contributed by atoms with Crippen molar-refractivity contribution >= 4 is 34.6 Å². The molecule has 5 heteroatoms. The molecule has 2 aromatic carbocycles. The number of phenolic OH excluding ortho intramolecular Hbond substituents is 1. The number of aromatic hydroxyl groups is 1. The summed E-state index contributed by atoms with van der Waals surface area (Å²) in [5, 5.41) is 12.7. The average molecular weight is 324 g/mol. The highest BCUT2D eigenvalue weighted by molar-refractivity contribution is 8.18. The molecule has 1 amide bonds. The second-order valence-corrected chi connectivity index (χ2v) is 6.39. The summed E-state index contributed by atoms with van der Waals surface area (Å²) in [6.45, 7) is 4.01. The first kappa shape index (κ1) is 15.4. The van der Waals surface area contributed by atoms with Crippen LogP contribution in [0.15, 0.2) is 52.4 Å². The summed E-state index contributed by atoms with van der Waals surface area (Å²) in [6, 6.07) is 12.8. The van der Waals surface area contributed by atoms with Gasteiger partial charge in [0.1, 0.15) is 5.75 Å². The molecule has 1 saturated heterocycles. The Bertz CT molecular complexity index is 823. The van der Waals surface area contributed by atoms with Crippen molar-refractivity contribution < 1.29 is 9.90 Å². The maximum atomic E-state index is 12.1. The quantitative estimate of drug-likeness (QED) is 0.824. The molecule has 0 atom stereocenters. The number of phenols is 1. The smallest absolute Gasteiger partial charge is 0.264 e. The van der Waals surface area contributed by atoms with Gasteiger partial charge >= 0.3 is 0 Å². The Hall–Kier alpha value is -2.53. The molecule has 2 N–H and O–H groups in total. The van der Waals surface area contributed by atoms with E-state index in [0.29, 0.717) is 10.1 Å². The number of amidine groups is 1. The largest absolute Gasteiger partial charge is 0.508 e. The molecule has 23 heavy (non-hydrogen) atoms. The minimum atomic E-state index is -0.160. The highest BCUT2D eigenvalue weighted by atomic mass is 32.2. The highest BCUT2D eigenvalue weighted by Crippen LogP contribution is 2.29. The molecule has 2 aromatic rings. The summed E-state index contributed by atoms with van der Waals surface area (Å²) in [7, 11) is 0. The standard InChI is InChI=1S/C18H16N2O2S/c1-11-3-4-12(2)15(9-11)19-18-20-17(22)16(23-18)10-13-5-7-14(21)8-6-13/h3-10,21H,1-2H3,(H,19,20,22)/b16-10-. The fraction of sp³-hybridized carbons (Fsp3) is 0.111. The fourth-order valence-electron chi connectivity index (χ4n) is 2.15. The fourth-order valence-corrected chi connectivity index (χ4v) is 2.99. The van der Waals surface area contributed by atoms with Crippen molar-refractivity contribution in [3.8, 4) is 5.75 Å². The van der Waals surface area contributed by atoms with Gasteiger partial charge in [0.05, 0.1) is 10.6 Å². The van der Waals surface area contributed by atoms with E-state index in [1.54, 1.807) is 30.3 Å². The number of carbonyl (C=O) groups is 1. The molecule has 0 radical (unpaired) electrons. The van der Waals surface area contributed by atoms with Gasteiger partial charge < -0.3 is 10.4 Å². The first-order chi connectivity index (χ1) is 11.0. The van der Waals surface area contributed by atoms with E-state index in [1.165, 1.54) is 11.8 Å². The zero-order valence-corrected chi connectivity index (χ0v) is 13.6. The summed E-state index contributed by atoms with van der Waals surface area (Å²) in [5.41, 5.74) is 3.91. The molecule has 0 spiro atoms. The number of carbonyl (C=O) groups excluding carboxylic acids is 1. The lowest BCUT2D eigenvalue weighted by Gasteiger charge is -2.02.